The van der Waals surface area contributed by atoms with E-state index in [0.717, 1.165) is 19.5 Å². The molecule has 2 saturated heterocycles. The van der Waals surface area contributed by atoms with E-state index in [0.29, 0.717) is 31.9 Å². The number of rotatable bonds is 3. The number of carbonyl (C=O) groups excluding carboxylic acids is 2. The van der Waals surface area contributed by atoms with E-state index in [1.807, 2.05) is 11.8 Å². The van der Waals surface area contributed by atoms with Crippen molar-refractivity contribution in [3.63, 3.8) is 0 Å². The Hall–Kier alpha value is -1.86. The second-order valence-electron chi connectivity index (χ2n) is 8.12. The van der Waals surface area contributed by atoms with Crippen LogP contribution >= 0.6 is 0 Å². The summed E-state index contributed by atoms with van der Waals surface area (Å²) in [7, 11) is 0. The van der Waals surface area contributed by atoms with Crippen LogP contribution in [0.25, 0.3) is 0 Å². The fourth-order valence-electron chi connectivity index (χ4n) is 3.85. The highest BCUT2D eigenvalue weighted by atomic mass is 16.3. The minimum absolute atomic E-state index is 0.0148. The average Bonchev–Trinajstić information content (AvgIpc) is 3.17. The van der Waals surface area contributed by atoms with Crippen LogP contribution in [-0.2, 0) is 4.79 Å². The Kier molecular flexibility index (Phi) is 5.39. The summed E-state index contributed by atoms with van der Waals surface area (Å²) >= 11 is 0. The largest absolute Gasteiger partial charge is 0.459 e. The average molecular weight is 362 g/mol. The SMILES string of the molecule is CC(C(=O)N1CCN(C(=O)c2ccco2)CC1)N1CCC(N)C(C)(C)C1. The summed E-state index contributed by atoms with van der Waals surface area (Å²) in [5, 5.41) is 0. The zero-order valence-electron chi connectivity index (χ0n) is 16.0. The molecule has 26 heavy (non-hydrogen) atoms. The number of piperazine rings is 1. The number of piperidine rings is 1. The second kappa shape index (κ2) is 7.40. The zero-order chi connectivity index (χ0) is 18.9. The molecule has 2 aliphatic heterocycles. The van der Waals surface area contributed by atoms with Crippen LogP contribution in [0.5, 0.6) is 0 Å². The number of hydrogen-bond donors (Lipinski definition) is 1. The van der Waals surface area contributed by atoms with Gasteiger partial charge in [0.05, 0.1) is 12.3 Å². The van der Waals surface area contributed by atoms with Crippen molar-refractivity contribution in [2.24, 2.45) is 11.1 Å². The smallest absolute Gasteiger partial charge is 0.289 e. The topological polar surface area (TPSA) is 83.0 Å². The summed E-state index contributed by atoms with van der Waals surface area (Å²) in [6, 6.07) is 3.40. The first-order chi connectivity index (χ1) is 12.3. The predicted molar refractivity (Wildman–Crippen MR) is 98.6 cm³/mol. The lowest BCUT2D eigenvalue weighted by atomic mass is 9.79. The van der Waals surface area contributed by atoms with Gasteiger partial charge < -0.3 is 20.0 Å². The summed E-state index contributed by atoms with van der Waals surface area (Å²) in [5.74, 6) is 0.383. The van der Waals surface area contributed by atoms with E-state index in [4.69, 9.17) is 10.2 Å². The molecular formula is C19H30N4O3. The van der Waals surface area contributed by atoms with Gasteiger partial charge in [-0.25, -0.2) is 0 Å². The van der Waals surface area contributed by atoms with Gasteiger partial charge in [0, 0.05) is 45.3 Å². The van der Waals surface area contributed by atoms with E-state index in [2.05, 4.69) is 18.7 Å². The van der Waals surface area contributed by atoms with Crippen LogP contribution in [0.3, 0.4) is 0 Å². The zero-order valence-corrected chi connectivity index (χ0v) is 16.0. The molecule has 2 N–H and O–H groups in total. The lowest BCUT2D eigenvalue weighted by Gasteiger charge is -2.45. The third-order valence-corrected chi connectivity index (χ3v) is 5.86. The lowest BCUT2D eigenvalue weighted by molar-refractivity contribution is -0.139. The van der Waals surface area contributed by atoms with Crippen molar-refractivity contribution in [2.45, 2.75) is 39.3 Å². The highest BCUT2D eigenvalue weighted by Crippen LogP contribution is 2.29. The monoisotopic (exact) mass is 362 g/mol. The molecule has 2 atom stereocenters. The summed E-state index contributed by atoms with van der Waals surface area (Å²) in [5.41, 5.74) is 6.23. The molecule has 1 aromatic rings. The molecule has 7 heteroatoms. The Morgan fingerprint density at radius 2 is 1.85 bits per heavy atom. The van der Waals surface area contributed by atoms with Crippen LogP contribution in [0, 0.1) is 5.41 Å². The second-order valence-corrected chi connectivity index (χ2v) is 8.12. The maximum Gasteiger partial charge on any atom is 0.289 e. The van der Waals surface area contributed by atoms with E-state index in [1.165, 1.54) is 6.26 Å². The van der Waals surface area contributed by atoms with Gasteiger partial charge >= 0.3 is 0 Å². The Balaban J connectivity index is 1.54. The van der Waals surface area contributed by atoms with Crippen LogP contribution in [0.2, 0.25) is 0 Å². The standard InChI is InChI=1S/C19H30N4O3/c1-14(23-7-6-16(20)19(2,3)13-23)17(24)21-8-10-22(11-9-21)18(25)15-5-4-12-26-15/h4-5,12,14,16H,6-11,13,20H2,1-3H3. The van der Waals surface area contributed by atoms with E-state index < -0.39 is 0 Å². The van der Waals surface area contributed by atoms with Gasteiger partial charge in [-0.2, -0.15) is 0 Å². The molecule has 0 saturated carbocycles. The molecule has 144 valence electrons. The van der Waals surface area contributed by atoms with Gasteiger partial charge in [-0.05, 0) is 30.9 Å². The molecule has 0 radical (unpaired) electrons. The normalized spacial score (nSPS) is 25.2. The van der Waals surface area contributed by atoms with Crippen molar-refractivity contribution in [1.29, 1.82) is 0 Å². The van der Waals surface area contributed by atoms with Crippen LogP contribution < -0.4 is 5.73 Å². The van der Waals surface area contributed by atoms with Gasteiger partial charge in [-0.15, -0.1) is 0 Å². The van der Waals surface area contributed by atoms with Crippen LogP contribution in [-0.4, -0.2) is 77.9 Å². The molecule has 0 spiro atoms. The molecular weight excluding hydrogens is 332 g/mol. The van der Waals surface area contributed by atoms with Crippen molar-refractivity contribution in [3.05, 3.63) is 24.2 Å². The molecule has 1 aromatic heterocycles. The first kappa shape index (κ1) is 18.9. The first-order valence-corrected chi connectivity index (χ1v) is 9.41. The minimum Gasteiger partial charge on any atom is -0.459 e. The number of carbonyl (C=O) groups is 2. The van der Waals surface area contributed by atoms with E-state index in [9.17, 15) is 9.59 Å². The molecule has 2 aliphatic rings. The highest BCUT2D eigenvalue weighted by Gasteiger charge is 2.38. The van der Waals surface area contributed by atoms with Crippen molar-refractivity contribution < 1.29 is 14.0 Å². The molecule has 3 rings (SSSR count). The molecule has 3 heterocycles. The van der Waals surface area contributed by atoms with Gasteiger partial charge in [0.25, 0.3) is 5.91 Å². The van der Waals surface area contributed by atoms with Crippen molar-refractivity contribution >= 4 is 11.8 Å². The fourth-order valence-corrected chi connectivity index (χ4v) is 3.85. The maximum atomic E-state index is 12.9. The Morgan fingerprint density at radius 3 is 2.42 bits per heavy atom. The fraction of sp³-hybridized carbons (Fsp3) is 0.684. The minimum atomic E-state index is -0.158. The molecule has 0 bridgehead atoms. The van der Waals surface area contributed by atoms with Gasteiger partial charge in [-0.1, -0.05) is 13.8 Å². The van der Waals surface area contributed by atoms with E-state index >= 15 is 0 Å². The van der Waals surface area contributed by atoms with E-state index in [1.54, 1.807) is 17.0 Å². The third kappa shape index (κ3) is 3.78. The molecule has 0 aromatic carbocycles. The summed E-state index contributed by atoms with van der Waals surface area (Å²) < 4.78 is 5.18. The number of amides is 2. The van der Waals surface area contributed by atoms with Crippen molar-refractivity contribution in [1.82, 2.24) is 14.7 Å². The first-order valence-electron chi connectivity index (χ1n) is 9.41. The Labute approximate surface area is 155 Å². The number of nitrogens with two attached hydrogens (primary N) is 1. The number of likely N-dealkylation sites (tertiary alicyclic amines) is 1. The van der Waals surface area contributed by atoms with Crippen molar-refractivity contribution in [3.8, 4) is 0 Å². The van der Waals surface area contributed by atoms with Gasteiger partial charge in [-0.3, -0.25) is 14.5 Å². The van der Waals surface area contributed by atoms with Gasteiger partial charge in [0.2, 0.25) is 5.91 Å². The maximum absolute atomic E-state index is 12.9. The Morgan fingerprint density at radius 1 is 1.19 bits per heavy atom. The summed E-state index contributed by atoms with van der Waals surface area (Å²) in [6.45, 7) is 10.2. The number of furan rings is 1. The number of nitrogens with zero attached hydrogens (tertiary/aromatic N) is 3. The van der Waals surface area contributed by atoms with Gasteiger partial charge in [0.1, 0.15) is 0 Å². The molecule has 2 amide bonds. The van der Waals surface area contributed by atoms with Crippen LogP contribution in [0.1, 0.15) is 37.7 Å². The van der Waals surface area contributed by atoms with E-state index in [-0.39, 0.29) is 29.3 Å². The number of hydrogen-bond acceptors (Lipinski definition) is 5. The molecule has 7 nitrogen and oxygen atoms in total. The summed E-state index contributed by atoms with van der Waals surface area (Å²) in [4.78, 5) is 31.1. The van der Waals surface area contributed by atoms with Crippen molar-refractivity contribution in [2.75, 3.05) is 39.3 Å². The predicted octanol–water partition coefficient (Wildman–Crippen LogP) is 1.01. The highest BCUT2D eigenvalue weighted by molar-refractivity contribution is 5.91. The van der Waals surface area contributed by atoms with Gasteiger partial charge in [0.15, 0.2) is 5.76 Å². The molecule has 2 unspecified atom stereocenters. The van der Waals surface area contributed by atoms with Crippen LogP contribution in [0.4, 0.5) is 0 Å². The third-order valence-electron chi connectivity index (χ3n) is 5.86. The quantitative estimate of drug-likeness (QED) is 0.868. The lowest BCUT2D eigenvalue weighted by Crippen LogP contribution is -2.59. The molecule has 0 aliphatic carbocycles. The van der Waals surface area contributed by atoms with Crippen LogP contribution in [0.15, 0.2) is 22.8 Å². The molecule has 2 fully saturated rings. The Bertz CT molecular complexity index is 635. The summed E-state index contributed by atoms with van der Waals surface area (Å²) in [6.07, 6.45) is 2.41.